The average molecular weight is 484 g/mol. The fourth-order valence-corrected chi connectivity index (χ4v) is 6.36. The van der Waals surface area contributed by atoms with Crippen LogP contribution in [0.2, 0.25) is 0 Å². The van der Waals surface area contributed by atoms with E-state index in [-0.39, 0.29) is 0 Å². The minimum atomic E-state index is 0.972. The minimum Gasteiger partial charge on any atom is -0.309 e. The topological polar surface area (TPSA) is 4.93 Å². The number of para-hydroxylation sites is 2. The molecule has 38 heavy (non-hydrogen) atoms. The molecule has 0 spiro atoms. The molecule has 0 aliphatic heterocycles. The maximum absolute atomic E-state index is 2.46. The second-order valence-corrected chi connectivity index (χ2v) is 10.1. The zero-order valence-electron chi connectivity index (χ0n) is 20.9. The first-order valence-electron chi connectivity index (χ1n) is 13.3. The van der Waals surface area contributed by atoms with Crippen molar-refractivity contribution in [2.75, 3.05) is 0 Å². The summed E-state index contributed by atoms with van der Waals surface area (Å²) in [5.41, 5.74) is 9.04. The molecule has 0 fully saturated rings. The van der Waals surface area contributed by atoms with Crippen LogP contribution < -0.4 is 0 Å². The van der Waals surface area contributed by atoms with E-state index < -0.39 is 0 Å². The molecule has 0 amide bonds. The summed E-state index contributed by atoms with van der Waals surface area (Å²) < 4.78 is 2.46. The van der Waals surface area contributed by atoms with Crippen molar-refractivity contribution < 1.29 is 0 Å². The Morgan fingerprint density at radius 2 is 0.921 bits per heavy atom. The van der Waals surface area contributed by atoms with Crippen LogP contribution in [-0.2, 0) is 6.42 Å². The molecule has 0 radical (unpaired) electrons. The maximum Gasteiger partial charge on any atom is 0.0546 e. The van der Waals surface area contributed by atoms with E-state index in [1.807, 2.05) is 0 Å². The monoisotopic (exact) mass is 483 g/mol. The first-order chi connectivity index (χ1) is 18.9. The third kappa shape index (κ3) is 3.12. The molecule has 0 saturated heterocycles. The quantitative estimate of drug-likeness (QED) is 0.219. The average Bonchev–Trinajstić information content (AvgIpc) is 3.36. The molecule has 6 aromatic carbocycles. The Balaban J connectivity index is 1.74. The molecule has 1 heteroatoms. The summed E-state index contributed by atoms with van der Waals surface area (Å²) in [4.78, 5) is 0. The Bertz CT molecular complexity index is 2100. The summed E-state index contributed by atoms with van der Waals surface area (Å²) in [6, 6.07) is 51.1. The van der Waals surface area contributed by atoms with E-state index in [1.165, 1.54) is 65.6 Å². The summed E-state index contributed by atoms with van der Waals surface area (Å²) in [7, 11) is 0. The van der Waals surface area contributed by atoms with E-state index in [9.17, 15) is 0 Å². The van der Waals surface area contributed by atoms with Crippen LogP contribution in [0.15, 0.2) is 140 Å². The largest absolute Gasteiger partial charge is 0.309 e. The van der Waals surface area contributed by atoms with Crippen LogP contribution in [0.3, 0.4) is 0 Å². The molecule has 0 atom stereocenters. The van der Waals surface area contributed by atoms with Crippen LogP contribution >= 0.6 is 0 Å². The predicted octanol–water partition coefficient (Wildman–Crippen LogP) is 9.79. The third-order valence-electron chi connectivity index (χ3n) is 8.03. The Kier molecular flexibility index (Phi) is 4.65. The van der Waals surface area contributed by atoms with Gasteiger partial charge in [0, 0.05) is 16.5 Å². The summed E-state index contributed by atoms with van der Waals surface area (Å²) >= 11 is 0. The molecule has 7 aromatic rings. The van der Waals surface area contributed by atoms with Crippen molar-refractivity contribution in [2.45, 2.75) is 6.42 Å². The normalized spacial score (nSPS) is 12.1. The minimum absolute atomic E-state index is 0.972. The highest BCUT2D eigenvalue weighted by atomic mass is 15.0. The molecule has 1 nitrogen and oxygen atoms in total. The lowest BCUT2D eigenvalue weighted by Crippen LogP contribution is -1.98. The van der Waals surface area contributed by atoms with Gasteiger partial charge in [0.05, 0.1) is 11.0 Å². The third-order valence-corrected chi connectivity index (χ3v) is 8.03. The number of rotatable bonds is 1. The lowest BCUT2D eigenvalue weighted by molar-refractivity contribution is 1.17. The zero-order chi connectivity index (χ0) is 25.1. The fourth-order valence-electron chi connectivity index (χ4n) is 6.36. The summed E-state index contributed by atoms with van der Waals surface area (Å²) in [6.07, 6.45) is 0.972. The van der Waals surface area contributed by atoms with Gasteiger partial charge < -0.3 is 4.57 Å². The van der Waals surface area contributed by atoms with Crippen LogP contribution in [0, 0.1) is 0 Å². The molecular formula is C37H25N. The van der Waals surface area contributed by atoms with Gasteiger partial charge in [0.15, 0.2) is 0 Å². The van der Waals surface area contributed by atoms with E-state index in [1.54, 1.807) is 0 Å². The van der Waals surface area contributed by atoms with Crippen molar-refractivity contribution in [1.29, 1.82) is 0 Å². The van der Waals surface area contributed by atoms with Gasteiger partial charge in [-0.3, -0.25) is 0 Å². The predicted molar refractivity (Wildman–Crippen MR) is 162 cm³/mol. The SMILES string of the molecule is c1ccc(-n2c3ccccc3c3ccccc3c3ccccc3c3cc4c(cc32)-c2ccccc2C4)cc1. The van der Waals surface area contributed by atoms with Gasteiger partial charge >= 0.3 is 0 Å². The molecule has 1 aliphatic carbocycles. The zero-order valence-corrected chi connectivity index (χ0v) is 20.9. The van der Waals surface area contributed by atoms with Gasteiger partial charge in [0.25, 0.3) is 0 Å². The molecule has 1 aromatic heterocycles. The van der Waals surface area contributed by atoms with E-state index in [0.717, 1.165) is 12.1 Å². The highest BCUT2D eigenvalue weighted by molar-refractivity contribution is 6.20. The van der Waals surface area contributed by atoms with Crippen LogP contribution in [0.4, 0.5) is 0 Å². The highest BCUT2D eigenvalue weighted by Gasteiger charge is 2.20. The van der Waals surface area contributed by atoms with Gasteiger partial charge in [0.1, 0.15) is 0 Å². The Labute approximate surface area is 221 Å². The van der Waals surface area contributed by atoms with Crippen molar-refractivity contribution in [2.24, 2.45) is 0 Å². The molecule has 1 aliphatic rings. The molecule has 0 unspecified atom stereocenters. The van der Waals surface area contributed by atoms with E-state index >= 15 is 0 Å². The second kappa shape index (κ2) is 8.33. The van der Waals surface area contributed by atoms with Crippen LogP contribution in [0.25, 0.3) is 60.2 Å². The Morgan fingerprint density at radius 3 is 1.66 bits per heavy atom. The number of nitrogens with zero attached hydrogens (tertiary/aromatic N) is 1. The van der Waals surface area contributed by atoms with E-state index in [0.29, 0.717) is 0 Å². The number of fused-ring (bicyclic) bond motifs is 10. The van der Waals surface area contributed by atoms with Crippen molar-refractivity contribution in [1.82, 2.24) is 4.57 Å². The summed E-state index contributed by atoms with van der Waals surface area (Å²) in [5.74, 6) is 0. The lowest BCUT2D eigenvalue weighted by atomic mass is 9.99. The molecular weight excluding hydrogens is 458 g/mol. The van der Waals surface area contributed by atoms with Gasteiger partial charge in [-0.25, -0.2) is 0 Å². The van der Waals surface area contributed by atoms with Gasteiger partial charge in [0.2, 0.25) is 0 Å². The second-order valence-electron chi connectivity index (χ2n) is 10.1. The first-order valence-corrected chi connectivity index (χ1v) is 13.3. The molecule has 0 saturated carbocycles. The maximum atomic E-state index is 2.46. The van der Waals surface area contributed by atoms with Crippen LogP contribution in [0.5, 0.6) is 0 Å². The lowest BCUT2D eigenvalue weighted by Gasteiger charge is -2.15. The number of hydrogen-bond acceptors (Lipinski definition) is 0. The standard InChI is InChI=1S/C37H25N/c1-2-13-27(14-3-1)38-36-21-11-10-20-33(36)31-18-8-6-16-29(31)30-17-7-9-19-32(30)35-23-26-22-25-12-4-5-15-28(25)34(26)24-37(35)38/h1-21,23-24H,22H2. The molecule has 8 rings (SSSR count). The highest BCUT2D eigenvalue weighted by Crippen LogP contribution is 2.41. The Hall–Kier alpha value is -4.88. The summed E-state index contributed by atoms with van der Waals surface area (Å²) in [5, 5.41) is 7.55. The number of aromatic nitrogens is 1. The van der Waals surface area contributed by atoms with Gasteiger partial charge in [-0.2, -0.15) is 0 Å². The van der Waals surface area contributed by atoms with Crippen LogP contribution in [0.1, 0.15) is 11.1 Å². The number of hydrogen-bond donors (Lipinski definition) is 0. The fraction of sp³-hybridized carbons (Fsp3) is 0.0270. The smallest absolute Gasteiger partial charge is 0.0546 e. The van der Waals surface area contributed by atoms with Crippen molar-refractivity contribution in [3.05, 3.63) is 151 Å². The van der Waals surface area contributed by atoms with E-state index in [4.69, 9.17) is 0 Å². The summed E-state index contributed by atoms with van der Waals surface area (Å²) in [6.45, 7) is 0. The Morgan fingerprint density at radius 1 is 0.368 bits per heavy atom. The number of benzene rings is 6. The molecule has 178 valence electrons. The molecule has 0 N–H and O–H groups in total. The van der Waals surface area contributed by atoms with Crippen LogP contribution in [-0.4, -0.2) is 4.57 Å². The first kappa shape index (κ1) is 21.2. The molecule has 0 bridgehead atoms. The van der Waals surface area contributed by atoms with Gasteiger partial charge in [-0.15, -0.1) is 0 Å². The van der Waals surface area contributed by atoms with Gasteiger partial charge in [-0.05, 0) is 80.6 Å². The van der Waals surface area contributed by atoms with Crippen molar-refractivity contribution in [3.8, 4) is 16.8 Å². The van der Waals surface area contributed by atoms with Crippen molar-refractivity contribution in [3.63, 3.8) is 0 Å². The van der Waals surface area contributed by atoms with Crippen molar-refractivity contribution >= 4 is 43.4 Å². The molecule has 1 heterocycles. The van der Waals surface area contributed by atoms with Gasteiger partial charge in [-0.1, -0.05) is 109 Å². The van der Waals surface area contributed by atoms with E-state index in [2.05, 4.69) is 144 Å².